The molecule has 0 unspecified atom stereocenters. The first-order valence-electron chi connectivity index (χ1n) is 7.06. The first kappa shape index (κ1) is 16.0. The summed E-state index contributed by atoms with van der Waals surface area (Å²) in [5, 5.41) is 3.26. The molecule has 0 amide bonds. The van der Waals surface area contributed by atoms with Crippen molar-refractivity contribution < 1.29 is 14.2 Å². The Bertz CT molecular complexity index is 605. The monoisotopic (exact) mass is 303 g/mol. The lowest BCUT2D eigenvalue weighted by Gasteiger charge is -2.11. The van der Waals surface area contributed by atoms with E-state index in [2.05, 4.69) is 15.3 Å². The van der Waals surface area contributed by atoms with Gasteiger partial charge in [-0.3, -0.25) is 0 Å². The second-order valence-corrected chi connectivity index (χ2v) is 4.65. The molecule has 1 aromatic heterocycles. The van der Waals surface area contributed by atoms with Crippen LogP contribution in [0.4, 0.5) is 5.82 Å². The lowest BCUT2D eigenvalue weighted by Crippen LogP contribution is -2.08. The highest BCUT2D eigenvalue weighted by Crippen LogP contribution is 2.19. The molecule has 0 fully saturated rings. The van der Waals surface area contributed by atoms with Crippen LogP contribution < -0.4 is 14.8 Å². The minimum Gasteiger partial charge on any atom is -0.496 e. The van der Waals surface area contributed by atoms with Crippen molar-refractivity contribution in [2.75, 3.05) is 32.8 Å². The fourth-order valence-corrected chi connectivity index (χ4v) is 1.97. The smallest absolute Gasteiger partial charge is 0.218 e. The van der Waals surface area contributed by atoms with Gasteiger partial charge in [0.1, 0.15) is 24.0 Å². The van der Waals surface area contributed by atoms with E-state index in [1.165, 1.54) is 0 Å². The zero-order chi connectivity index (χ0) is 15.8. The molecule has 1 aromatic carbocycles. The van der Waals surface area contributed by atoms with E-state index < -0.39 is 0 Å². The molecule has 0 saturated carbocycles. The van der Waals surface area contributed by atoms with Crippen molar-refractivity contribution in [3.8, 4) is 11.6 Å². The molecule has 0 bridgehead atoms. The average molecular weight is 303 g/mol. The predicted molar refractivity (Wildman–Crippen MR) is 84.5 cm³/mol. The Balaban J connectivity index is 2.03. The standard InChI is InChI=1S/C16H21N3O3/c1-12-18-15(10-16(19-12)22-9-8-20-2)17-11-13-6-4-5-7-14(13)21-3/h4-7,10H,8-9,11H2,1-3H3,(H,17,18,19). The van der Waals surface area contributed by atoms with Gasteiger partial charge < -0.3 is 19.5 Å². The molecule has 0 saturated heterocycles. The number of anilines is 1. The summed E-state index contributed by atoms with van der Waals surface area (Å²) in [4.78, 5) is 8.60. The molecule has 0 aliphatic heterocycles. The summed E-state index contributed by atoms with van der Waals surface area (Å²) < 4.78 is 15.8. The van der Waals surface area contributed by atoms with Crippen molar-refractivity contribution in [1.82, 2.24) is 9.97 Å². The number of rotatable bonds is 8. The number of aromatic nitrogens is 2. The number of methoxy groups -OCH3 is 2. The average Bonchev–Trinajstić information content (AvgIpc) is 2.53. The number of benzene rings is 1. The Kier molecular flexibility index (Phi) is 5.97. The van der Waals surface area contributed by atoms with Crippen molar-refractivity contribution in [2.45, 2.75) is 13.5 Å². The van der Waals surface area contributed by atoms with E-state index in [9.17, 15) is 0 Å². The Morgan fingerprint density at radius 3 is 2.68 bits per heavy atom. The molecule has 6 heteroatoms. The normalized spacial score (nSPS) is 10.3. The topological polar surface area (TPSA) is 65.5 Å². The fraction of sp³-hybridized carbons (Fsp3) is 0.375. The summed E-state index contributed by atoms with van der Waals surface area (Å²) in [5.74, 6) is 2.74. The van der Waals surface area contributed by atoms with Gasteiger partial charge in [0.2, 0.25) is 5.88 Å². The minimum atomic E-state index is 0.457. The summed E-state index contributed by atoms with van der Waals surface area (Å²) in [6.07, 6.45) is 0. The summed E-state index contributed by atoms with van der Waals surface area (Å²) in [6, 6.07) is 9.64. The second-order valence-electron chi connectivity index (χ2n) is 4.65. The predicted octanol–water partition coefficient (Wildman–Crippen LogP) is 2.43. The molecule has 6 nitrogen and oxygen atoms in total. The maximum Gasteiger partial charge on any atom is 0.218 e. The summed E-state index contributed by atoms with van der Waals surface area (Å²) in [5.41, 5.74) is 1.06. The molecule has 118 valence electrons. The third-order valence-corrected chi connectivity index (χ3v) is 3.00. The van der Waals surface area contributed by atoms with Gasteiger partial charge in [0.05, 0.1) is 13.7 Å². The zero-order valence-electron chi connectivity index (χ0n) is 13.1. The van der Waals surface area contributed by atoms with Crippen LogP contribution in [0.15, 0.2) is 30.3 Å². The highest BCUT2D eigenvalue weighted by Gasteiger charge is 2.05. The highest BCUT2D eigenvalue weighted by atomic mass is 16.5. The van der Waals surface area contributed by atoms with Crippen LogP contribution in [0.25, 0.3) is 0 Å². The van der Waals surface area contributed by atoms with Gasteiger partial charge in [-0.05, 0) is 13.0 Å². The van der Waals surface area contributed by atoms with Crippen molar-refractivity contribution in [3.05, 3.63) is 41.7 Å². The van der Waals surface area contributed by atoms with Gasteiger partial charge in [-0.15, -0.1) is 0 Å². The maximum atomic E-state index is 5.52. The van der Waals surface area contributed by atoms with E-state index in [0.717, 1.165) is 11.3 Å². The van der Waals surface area contributed by atoms with Crippen LogP contribution >= 0.6 is 0 Å². The van der Waals surface area contributed by atoms with Crippen molar-refractivity contribution in [3.63, 3.8) is 0 Å². The molecule has 2 rings (SSSR count). The van der Waals surface area contributed by atoms with Gasteiger partial charge in [-0.1, -0.05) is 18.2 Å². The number of para-hydroxylation sites is 1. The highest BCUT2D eigenvalue weighted by molar-refractivity contribution is 5.42. The van der Waals surface area contributed by atoms with Crippen LogP contribution in [0.1, 0.15) is 11.4 Å². The fourth-order valence-electron chi connectivity index (χ4n) is 1.97. The Hall–Kier alpha value is -2.34. The molecule has 2 aromatic rings. The molecule has 0 radical (unpaired) electrons. The number of aryl methyl sites for hydroxylation is 1. The zero-order valence-corrected chi connectivity index (χ0v) is 13.1. The van der Waals surface area contributed by atoms with Crippen LogP contribution in [0, 0.1) is 6.92 Å². The van der Waals surface area contributed by atoms with E-state index in [-0.39, 0.29) is 0 Å². The SMILES string of the molecule is COCCOc1cc(NCc2ccccc2OC)nc(C)n1. The number of hydrogen-bond donors (Lipinski definition) is 1. The van der Waals surface area contributed by atoms with Gasteiger partial charge >= 0.3 is 0 Å². The molecule has 1 heterocycles. The van der Waals surface area contributed by atoms with Crippen LogP contribution in [-0.2, 0) is 11.3 Å². The van der Waals surface area contributed by atoms with Crippen LogP contribution in [0.3, 0.4) is 0 Å². The molecule has 0 aliphatic rings. The quantitative estimate of drug-likeness (QED) is 0.756. The molecule has 22 heavy (non-hydrogen) atoms. The van der Waals surface area contributed by atoms with E-state index in [1.54, 1.807) is 20.3 Å². The second kappa shape index (κ2) is 8.19. The third kappa shape index (κ3) is 4.60. The molecule has 0 spiro atoms. The third-order valence-electron chi connectivity index (χ3n) is 3.00. The largest absolute Gasteiger partial charge is 0.496 e. The molecule has 0 atom stereocenters. The summed E-state index contributed by atoms with van der Waals surface area (Å²) >= 11 is 0. The Morgan fingerprint density at radius 2 is 1.91 bits per heavy atom. The van der Waals surface area contributed by atoms with E-state index in [1.807, 2.05) is 31.2 Å². The molecular weight excluding hydrogens is 282 g/mol. The number of hydrogen-bond acceptors (Lipinski definition) is 6. The summed E-state index contributed by atoms with van der Waals surface area (Å²) in [6.45, 7) is 3.42. The van der Waals surface area contributed by atoms with Crippen LogP contribution in [0.2, 0.25) is 0 Å². The van der Waals surface area contributed by atoms with Gasteiger partial charge in [-0.25, -0.2) is 4.98 Å². The molecule has 0 aliphatic carbocycles. The van der Waals surface area contributed by atoms with Gasteiger partial charge in [-0.2, -0.15) is 4.98 Å². The van der Waals surface area contributed by atoms with Gasteiger partial charge in [0.15, 0.2) is 0 Å². The van der Waals surface area contributed by atoms with Crippen LogP contribution in [0.5, 0.6) is 11.6 Å². The van der Waals surface area contributed by atoms with E-state index in [0.29, 0.717) is 37.3 Å². The Labute approximate surface area is 130 Å². The lowest BCUT2D eigenvalue weighted by molar-refractivity contribution is 0.143. The Morgan fingerprint density at radius 1 is 1.09 bits per heavy atom. The summed E-state index contributed by atoms with van der Waals surface area (Å²) in [7, 11) is 3.30. The lowest BCUT2D eigenvalue weighted by atomic mass is 10.2. The van der Waals surface area contributed by atoms with Gasteiger partial charge in [0, 0.05) is 25.3 Å². The van der Waals surface area contributed by atoms with E-state index >= 15 is 0 Å². The van der Waals surface area contributed by atoms with E-state index in [4.69, 9.17) is 14.2 Å². The maximum absolute atomic E-state index is 5.52. The molecule has 1 N–H and O–H groups in total. The van der Waals surface area contributed by atoms with Crippen molar-refractivity contribution in [1.29, 1.82) is 0 Å². The molecular formula is C16H21N3O3. The van der Waals surface area contributed by atoms with Crippen molar-refractivity contribution >= 4 is 5.82 Å². The van der Waals surface area contributed by atoms with Crippen LogP contribution in [-0.4, -0.2) is 37.4 Å². The minimum absolute atomic E-state index is 0.457. The number of nitrogens with one attached hydrogen (secondary N) is 1. The van der Waals surface area contributed by atoms with Crippen molar-refractivity contribution in [2.24, 2.45) is 0 Å². The van der Waals surface area contributed by atoms with Gasteiger partial charge in [0.25, 0.3) is 0 Å². The first-order chi connectivity index (χ1) is 10.7. The number of ether oxygens (including phenoxy) is 3. The number of nitrogens with zero attached hydrogens (tertiary/aromatic N) is 2. The first-order valence-corrected chi connectivity index (χ1v) is 7.06.